The third-order valence-electron chi connectivity index (χ3n) is 5.42. The first-order valence-corrected chi connectivity index (χ1v) is 10.5. The third-order valence-corrected chi connectivity index (χ3v) is 5.95. The molecule has 7 heteroatoms. The van der Waals surface area contributed by atoms with E-state index in [0.717, 1.165) is 32.6 Å². The van der Waals surface area contributed by atoms with Gasteiger partial charge in [-0.05, 0) is 66.2 Å². The Balaban J connectivity index is 1.70. The molecule has 1 aromatic heterocycles. The van der Waals surface area contributed by atoms with Crippen molar-refractivity contribution in [3.63, 3.8) is 0 Å². The van der Waals surface area contributed by atoms with Crippen LogP contribution < -0.4 is 9.64 Å². The molecule has 0 saturated heterocycles. The van der Waals surface area contributed by atoms with E-state index in [9.17, 15) is 9.90 Å². The first kappa shape index (κ1) is 19.4. The maximum atomic E-state index is 13.5. The number of amides is 1. The molecule has 5 rings (SSSR count). The highest BCUT2D eigenvalue weighted by atomic mass is 79.9. The Labute approximate surface area is 187 Å². The Morgan fingerprint density at radius 1 is 1.06 bits per heavy atom. The number of H-pyrrole nitrogens is 1. The lowest BCUT2D eigenvalue weighted by Crippen LogP contribution is -2.29. The van der Waals surface area contributed by atoms with Gasteiger partial charge in [-0.25, -0.2) is 0 Å². The van der Waals surface area contributed by atoms with Crippen LogP contribution in [0.25, 0.3) is 11.3 Å². The van der Waals surface area contributed by atoms with Gasteiger partial charge in [-0.3, -0.25) is 14.8 Å². The van der Waals surface area contributed by atoms with Gasteiger partial charge in [0.15, 0.2) is 0 Å². The van der Waals surface area contributed by atoms with Gasteiger partial charge >= 0.3 is 0 Å². The highest BCUT2D eigenvalue weighted by Crippen LogP contribution is 2.45. The van der Waals surface area contributed by atoms with E-state index in [4.69, 9.17) is 4.74 Å². The number of nitrogens with one attached hydrogen (secondary N) is 1. The highest BCUT2D eigenvalue weighted by molar-refractivity contribution is 9.10. The lowest BCUT2D eigenvalue weighted by Gasteiger charge is -2.26. The van der Waals surface area contributed by atoms with Crippen LogP contribution in [-0.4, -0.2) is 28.3 Å². The van der Waals surface area contributed by atoms with Crippen LogP contribution in [-0.2, 0) is 0 Å². The minimum absolute atomic E-state index is 0.142. The number of phenolic OH excluding ortho intramolecular Hbond substituents is 1. The fourth-order valence-electron chi connectivity index (χ4n) is 3.99. The lowest BCUT2D eigenvalue weighted by molar-refractivity contribution is 0.0988. The molecule has 2 heterocycles. The van der Waals surface area contributed by atoms with Crippen LogP contribution in [0, 0.1) is 0 Å². The number of anilines is 1. The van der Waals surface area contributed by atoms with Crippen LogP contribution in [0.15, 0.2) is 77.3 Å². The van der Waals surface area contributed by atoms with Gasteiger partial charge in [0.2, 0.25) is 0 Å². The molecule has 0 saturated carbocycles. The Kier molecular flexibility index (Phi) is 4.75. The largest absolute Gasteiger partial charge is 0.508 e. The zero-order chi connectivity index (χ0) is 21.5. The Morgan fingerprint density at radius 3 is 2.48 bits per heavy atom. The summed E-state index contributed by atoms with van der Waals surface area (Å²) in [5.41, 5.74) is 4.34. The number of fused-ring (bicyclic) bond motifs is 1. The predicted molar refractivity (Wildman–Crippen MR) is 121 cm³/mol. The average Bonchev–Trinajstić information content (AvgIpc) is 3.33. The summed E-state index contributed by atoms with van der Waals surface area (Å²) in [6, 6.07) is 21.7. The van der Waals surface area contributed by atoms with E-state index in [-0.39, 0.29) is 11.7 Å². The van der Waals surface area contributed by atoms with Gasteiger partial charge in [0, 0.05) is 21.3 Å². The van der Waals surface area contributed by atoms with Gasteiger partial charge in [-0.1, -0.05) is 28.1 Å². The molecule has 31 heavy (non-hydrogen) atoms. The molecular weight excluding hydrogens is 458 g/mol. The summed E-state index contributed by atoms with van der Waals surface area (Å²) in [6.07, 6.45) is 0. The summed E-state index contributed by atoms with van der Waals surface area (Å²) in [5, 5.41) is 17.5. The van der Waals surface area contributed by atoms with E-state index < -0.39 is 6.04 Å². The monoisotopic (exact) mass is 475 g/mol. The van der Waals surface area contributed by atoms with Crippen molar-refractivity contribution in [1.82, 2.24) is 10.2 Å². The number of rotatable bonds is 4. The maximum absolute atomic E-state index is 13.5. The van der Waals surface area contributed by atoms with E-state index in [0.29, 0.717) is 11.4 Å². The van der Waals surface area contributed by atoms with E-state index in [1.807, 2.05) is 54.6 Å². The second-order valence-electron chi connectivity index (χ2n) is 7.24. The molecule has 3 aromatic carbocycles. The van der Waals surface area contributed by atoms with Crippen molar-refractivity contribution in [2.24, 2.45) is 0 Å². The number of halogens is 1. The van der Waals surface area contributed by atoms with Crippen molar-refractivity contribution in [1.29, 1.82) is 0 Å². The van der Waals surface area contributed by atoms with Gasteiger partial charge in [-0.15, -0.1) is 0 Å². The second kappa shape index (κ2) is 7.59. The number of benzene rings is 3. The molecule has 1 amide bonds. The minimum atomic E-state index is -0.438. The summed E-state index contributed by atoms with van der Waals surface area (Å²) in [6.45, 7) is 0. The summed E-state index contributed by atoms with van der Waals surface area (Å²) in [7, 11) is 1.62. The summed E-state index contributed by atoms with van der Waals surface area (Å²) >= 11 is 3.45. The molecule has 6 nitrogen and oxygen atoms in total. The molecule has 0 radical (unpaired) electrons. The van der Waals surface area contributed by atoms with Crippen LogP contribution in [0.2, 0.25) is 0 Å². The first-order valence-electron chi connectivity index (χ1n) is 9.67. The number of hydrogen-bond donors (Lipinski definition) is 2. The number of phenols is 1. The number of hydrogen-bond acceptors (Lipinski definition) is 4. The second-order valence-corrected chi connectivity index (χ2v) is 8.15. The van der Waals surface area contributed by atoms with Crippen LogP contribution >= 0.6 is 15.9 Å². The van der Waals surface area contributed by atoms with E-state index in [1.54, 1.807) is 30.2 Å². The average molecular weight is 476 g/mol. The van der Waals surface area contributed by atoms with Crippen molar-refractivity contribution in [2.75, 3.05) is 12.0 Å². The molecular formula is C24H18BrN3O3. The number of nitrogens with zero attached hydrogens (tertiary/aromatic N) is 2. The highest BCUT2D eigenvalue weighted by Gasteiger charge is 2.43. The standard InChI is InChI=1S/C24H18BrN3O3/c1-31-19-11-5-14(6-12-19)21-20-22(27-26-21)24(30)28(17-9-7-16(25)8-10-17)23(20)15-3-2-4-18(29)13-15/h2-13,23,29H,1H3,(H,26,27). The molecule has 1 unspecified atom stereocenters. The summed E-state index contributed by atoms with van der Waals surface area (Å²) < 4.78 is 6.19. The SMILES string of the molecule is COc1ccc(-c2n[nH]c3c2C(c2cccc(O)c2)N(c2ccc(Br)cc2)C3=O)cc1. The molecule has 1 atom stereocenters. The number of methoxy groups -OCH3 is 1. The smallest absolute Gasteiger partial charge is 0.277 e. The molecule has 0 fully saturated rings. The zero-order valence-corrected chi connectivity index (χ0v) is 18.1. The predicted octanol–water partition coefficient (Wildman–Crippen LogP) is 5.30. The minimum Gasteiger partial charge on any atom is -0.508 e. The summed E-state index contributed by atoms with van der Waals surface area (Å²) in [5.74, 6) is 0.717. The van der Waals surface area contributed by atoms with Gasteiger partial charge in [0.05, 0.1) is 18.8 Å². The van der Waals surface area contributed by atoms with Crippen molar-refractivity contribution in [3.8, 4) is 22.8 Å². The van der Waals surface area contributed by atoms with E-state index in [2.05, 4.69) is 26.1 Å². The van der Waals surface area contributed by atoms with E-state index in [1.165, 1.54) is 0 Å². The Hall–Kier alpha value is -3.58. The number of carbonyl (C=O) groups is 1. The zero-order valence-electron chi connectivity index (χ0n) is 16.5. The normalized spacial score (nSPS) is 15.2. The molecule has 0 bridgehead atoms. The van der Waals surface area contributed by atoms with Crippen LogP contribution in [0.1, 0.15) is 27.7 Å². The van der Waals surface area contributed by atoms with Gasteiger partial charge in [-0.2, -0.15) is 5.10 Å². The lowest BCUT2D eigenvalue weighted by atomic mass is 9.95. The third kappa shape index (κ3) is 3.27. The van der Waals surface area contributed by atoms with Crippen molar-refractivity contribution < 1.29 is 14.6 Å². The molecule has 154 valence electrons. The van der Waals surface area contributed by atoms with Crippen LogP contribution in [0.5, 0.6) is 11.5 Å². The van der Waals surface area contributed by atoms with Crippen molar-refractivity contribution in [3.05, 3.63) is 94.1 Å². The van der Waals surface area contributed by atoms with E-state index >= 15 is 0 Å². The van der Waals surface area contributed by atoms with Crippen molar-refractivity contribution >= 4 is 27.5 Å². The number of aromatic nitrogens is 2. The fourth-order valence-corrected chi connectivity index (χ4v) is 4.26. The molecule has 1 aliphatic heterocycles. The number of carbonyl (C=O) groups excluding carboxylic acids is 1. The quantitative estimate of drug-likeness (QED) is 0.419. The van der Waals surface area contributed by atoms with Crippen LogP contribution in [0.4, 0.5) is 5.69 Å². The molecule has 4 aromatic rings. The van der Waals surface area contributed by atoms with Gasteiger partial charge in [0.25, 0.3) is 5.91 Å². The molecule has 0 aliphatic carbocycles. The number of aromatic hydroxyl groups is 1. The maximum Gasteiger partial charge on any atom is 0.277 e. The van der Waals surface area contributed by atoms with Crippen molar-refractivity contribution in [2.45, 2.75) is 6.04 Å². The first-order chi connectivity index (χ1) is 15.1. The number of aromatic amines is 1. The molecule has 2 N–H and O–H groups in total. The Bertz CT molecular complexity index is 1270. The molecule has 1 aliphatic rings. The van der Waals surface area contributed by atoms with Gasteiger partial charge < -0.3 is 9.84 Å². The summed E-state index contributed by atoms with van der Waals surface area (Å²) in [4.78, 5) is 15.2. The number of ether oxygens (including phenoxy) is 1. The topological polar surface area (TPSA) is 78.5 Å². The van der Waals surface area contributed by atoms with Gasteiger partial charge in [0.1, 0.15) is 17.2 Å². The Morgan fingerprint density at radius 2 is 1.81 bits per heavy atom. The fraction of sp³-hybridized carbons (Fsp3) is 0.0833. The van der Waals surface area contributed by atoms with Crippen LogP contribution in [0.3, 0.4) is 0 Å². The molecule has 0 spiro atoms.